The Bertz CT molecular complexity index is 491. The summed E-state index contributed by atoms with van der Waals surface area (Å²) in [5.74, 6) is 1.59. The highest BCUT2D eigenvalue weighted by molar-refractivity contribution is 5.83. The Morgan fingerprint density at radius 2 is 1.88 bits per heavy atom. The van der Waals surface area contributed by atoms with Gasteiger partial charge in [-0.2, -0.15) is 0 Å². The summed E-state index contributed by atoms with van der Waals surface area (Å²) < 4.78 is 0. The molecule has 17 heavy (non-hydrogen) atoms. The molecule has 0 spiro atoms. The zero-order valence-electron chi connectivity index (χ0n) is 10.6. The highest BCUT2D eigenvalue weighted by atomic mass is 14.7. The summed E-state index contributed by atoms with van der Waals surface area (Å²) in [6, 6.07) is 8.67. The van der Waals surface area contributed by atoms with Crippen molar-refractivity contribution in [2.24, 2.45) is 5.92 Å². The fraction of sp³-hybridized carbons (Fsp3) is 0.500. The van der Waals surface area contributed by atoms with Crippen LogP contribution in [-0.2, 0) is 0 Å². The molecule has 90 valence electrons. The van der Waals surface area contributed by atoms with E-state index in [-0.39, 0.29) is 0 Å². The van der Waals surface area contributed by atoms with Gasteiger partial charge in [-0.15, -0.1) is 0 Å². The third-order valence-electron chi connectivity index (χ3n) is 4.47. The van der Waals surface area contributed by atoms with E-state index in [1.54, 1.807) is 0 Å². The van der Waals surface area contributed by atoms with Crippen molar-refractivity contribution < 1.29 is 0 Å². The zero-order valence-corrected chi connectivity index (χ0v) is 10.6. The molecule has 2 aromatic rings. The van der Waals surface area contributed by atoms with Gasteiger partial charge in [-0.05, 0) is 36.3 Å². The number of benzene rings is 1. The molecule has 1 nitrogen and oxygen atoms in total. The smallest absolute Gasteiger partial charge is 0.0456 e. The Balaban J connectivity index is 1.92. The number of fused-ring (bicyclic) bond motifs is 1. The molecule has 1 aromatic carbocycles. The van der Waals surface area contributed by atoms with E-state index in [1.165, 1.54) is 48.6 Å². The van der Waals surface area contributed by atoms with Gasteiger partial charge in [0.1, 0.15) is 0 Å². The van der Waals surface area contributed by atoms with Crippen molar-refractivity contribution in [2.75, 3.05) is 0 Å². The van der Waals surface area contributed by atoms with Gasteiger partial charge >= 0.3 is 0 Å². The van der Waals surface area contributed by atoms with E-state index in [0.29, 0.717) is 5.92 Å². The lowest BCUT2D eigenvalue weighted by molar-refractivity contribution is 0.317. The third kappa shape index (κ3) is 1.99. The quantitative estimate of drug-likeness (QED) is 0.754. The van der Waals surface area contributed by atoms with E-state index in [4.69, 9.17) is 0 Å². The Hall–Kier alpha value is -1.24. The van der Waals surface area contributed by atoms with Crippen LogP contribution in [0.15, 0.2) is 30.5 Å². The lowest BCUT2D eigenvalue weighted by Gasteiger charge is -2.27. The van der Waals surface area contributed by atoms with Crippen molar-refractivity contribution in [3.05, 3.63) is 36.0 Å². The molecule has 1 heteroatoms. The molecule has 3 rings (SSSR count). The predicted octanol–water partition coefficient (Wildman–Crippen LogP) is 4.85. The summed E-state index contributed by atoms with van der Waals surface area (Å²) in [7, 11) is 0. The summed E-state index contributed by atoms with van der Waals surface area (Å²) >= 11 is 0. The molecule has 0 aliphatic heterocycles. The first kappa shape index (κ1) is 10.9. The number of H-pyrrole nitrogens is 1. The van der Waals surface area contributed by atoms with Gasteiger partial charge in [0, 0.05) is 17.1 Å². The molecule has 1 aromatic heterocycles. The minimum atomic E-state index is 0.700. The molecule has 1 saturated carbocycles. The number of nitrogens with one attached hydrogen (secondary N) is 1. The molecule has 0 radical (unpaired) electrons. The van der Waals surface area contributed by atoms with Crippen LogP contribution >= 0.6 is 0 Å². The largest absolute Gasteiger partial charge is 0.361 e. The number of rotatable bonds is 2. The number of aromatic nitrogens is 1. The lowest BCUT2D eigenvalue weighted by atomic mass is 9.78. The maximum atomic E-state index is 3.41. The van der Waals surface area contributed by atoms with Gasteiger partial charge in [0.05, 0.1) is 0 Å². The molecule has 1 aliphatic rings. The number of aromatic amines is 1. The normalized spacial score (nSPS) is 19.6. The number of hydrogen-bond acceptors (Lipinski definition) is 0. The van der Waals surface area contributed by atoms with E-state index in [0.717, 1.165) is 5.92 Å². The van der Waals surface area contributed by atoms with Crippen molar-refractivity contribution in [1.82, 2.24) is 4.98 Å². The Labute approximate surface area is 103 Å². The van der Waals surface area contributed by atoms with Crippen LogP contribution in [0.5, 0.6) is 0 Å². The van der Waals surface area contributed by atoms with Crippen LogP contribution in [0.4, 0.5) is 0 Å². The van der Waals surface area contributed by atoms with E-state index in [2.05, 4.69) is 42.4 Å². The third-order valence-corrected chi connectivity index (χ3v) is 4.47. The van der Waals surface area contributed by atoms with Crippen LogP contribution in [0.2, 0.25) is 0 Å². The van der Waals surface area contributed by atoms with Gasteiger partial charge in [-0.1, -0.05) is 44.4 Å². The predicted molar refractivity (Wildman–Crippen MR) is 73.3 cm³/mol. The van der Waals surface area contributed by atoms with Gasteiger partial charge in [-0.3, -0.25) is 0 Å². The number of hydrogen-bond donors (Lipinski definition) is 1. The maximum absolute atomic E-state index is 3.41. The first-order valence-corrected chi connectivity index (χ1v) is 6.92. The molecule has 1 unspecified atom stereocenters. The van der Waals surface area contributed by atoms with Crippen molar-refractivity contribution in [3.63, 3.8) is 0 Å². The maximum Gasteiger partial charge on any atom is 0.0456 e. The fourth-order valence-corrected chi connectivity index (χ4v) is 3.36. The fourth-order valence-electron chi connectivity index (χ4n) is 3.36. The van der Waals surface area contributed by atoms with Crippen LogP contribution in [-0.4, -0.2) is 4.98 Å². The van der Waals surface area contributed by atoms with E-state index >= 15 is 0 Å². The second kappa shape index (κ2) is 4.56. The topological polar surface area (TPSA) is 15.8 Å². The molecule has 1 fully saturated rings. The lowest BCUT2D eigenvalue weighted by Crippen LogP contribution is -2.13. The Morgan fingerprint density at radius 3 is 2.71 bits per heavy atom. The van der Waals surface area contributed by atoms with Crippen molar-refractivity contribution in [3.8, 4) is 0 Å². The summed E-state index contributed by atoms with van der Waals surface area (Å²) in [5.41, 5.74) is 2.80. The Morgan fingerprint density at radius 1 is 1.12 bits per heavy atom. The van der Waals surface area contributed by atoms with Crippen LogP contribution in [0.3, 0.4) is 0 Å². The first-order chi connectivity index (χ1) is 8.36. The first-order valence-electron chi connectivity index (χ1n) is 6.92. The molecule has 1 N–H and O–H groups in total. The zero-order chi connectivity index (χ0) is 11.7. The molecule has 1 aliphatic carbocycles. The molecule has 0 amide bonds. The average Bonchev–Trinajstić information content (AvgIpc) is 2.83. The molecule has 0 saturated heterocycles. The molecule has 1 heterocycles. The van der Waals surface area contributed by atoms with Gasteiger partial charge < -0.3 is 4.98 Å². The van der Waals surface area contributed by atoms with Crippen LogP contribution in [0.1, 0.15) is 50.5 Å². The Kier molecular flexibility index (Phi) is 2.92. The van der Waals surface area contributed by atoms with Crippen molar-refractivity contribution in [2.45, 2.75) is 44.9 Å². The van der Waals surface area contributed by atoms with Gasteiger partial charge in [0.2, 0.25) is 0 Å². The highest BCUT2D eigenvalue weighted by Gasteiger charge is 2.23. The van der Waals surface area contributed by atoms with E-state index < -0.39 is 0 Å². The minimum Gasteiger partial charge on any atom is -0.361 e. The summed E-state index contributed by atoms with van der Waals surface area (Å²) in [5, 5.41) is 1.42. The van der Waals surface area contributed by atoms with E-state index in [1.807, 2.05) is 0 Å². The SMILES string of the molecule is CC(c1c[nH]c2ccccc12)C1CCCCC1. The minimum absolute atomic E-state index is 0.700. The average molecular weight is 227 g/mol. The highest BCUT2D eigenvalue weighted by Crippen LogP contribution is 2.38. The molecule has 1 atom stereocenters. The summed E-state index contributed by atoms with van der Waals surface area (Å²) in [4.78, 5) is 3.41. The molecular formula is C16H21N. The second-order valence-corrected chi connectivity index (χ2v) is 5.48. The van der Waals surface area contributed by atoms with E-state index in [9.17, 15) is 0 Å². The molecular weight excluding hydrogens is 206 g/mol. The van der Waals surface area contributed by atoms with Gasteiger partial charge in [0.15, 0.2) is 0 Å². The molecule has 0 bridgehead atoms. The van der Waals surface area contributed by atoms with Gasteiger partial charge in [0.25, 0.3) is 0 Å². The van der Waals surface area contributed by atoms with Gasteiger partial charge in [-0.25, -0.2) is 0 Å². The standard InChI is InChI=1S/C16H21N/c1-12(13-7-3-2-4-8-13)15-11-17-16-10-6-5-9-14(15)16/h5-6,9-13,17H,2-4,7-8H2,1H3. The summed E-state index contributed by atoms with van der Waals surface area (Å²) in [6.45, 7) is 2.41. The second-order valence-electron chi connectivity index (χ2n) is 5.48. The van der Waals surface area contributed by atoms with Crippen molar-refractivity contribution >= 4 is 10.9 Å². The van der Waals surface area contributed by atoms with Crippen molar-refractivity contribution in [1.29, 1.82) is 0 Å². The van der Waals surface area contributed by atoms with Crippen LogP contribution in [0.25, 0.3) is 10.9 Å². The number of para-hydroxylation sites is 1. The summed E-state index contributed by atoms with van der Waals surface area (Å²) in [6.07, 6.45) is 9.36. The van der Waals surface area contributed by atoms with Crippen LogP contribution in [0, 0.1) is 5.92 Å². The van der Waals surface area contributed by atoms with Crippen LogP contribution < -0.4 is 0 Å². The monoisotopic (exact) mass is 227 g/mol.